The zero-order valence-electron chi connectivity index (χ0n) is 10.3. The summed E-state index contributed by atoms with van der Waals surface area (Å²) < 4.78 is 0. The maximum atomic E-state index is 11.9. The number of hydrazone groups is 1. The summed E-state index contributed by atoms with van der Waals surface area (Å²) in [7, 11) is 0. The molecule has 2 aliphatic heterocycles. The van der Waals surface area contributed by atoms with E-state index < -0.39 is 0 Å². The fourth-order valence-electron chi connectivity index (χ4n) is 2.90. The van der Waals surface area contributed by atoms with Crippen LogP contribution in [0.3, 0.4) is 0 Å². The van der Waals surface area contributed by atoms with Gasteiger partial charge >= 0.3 is 0 Å². The Kier molecular flexibility index (Phi) is 1.94. The molecular formula is C14H13N3O2. The minimum atomic E-state index is -0.274. The van der Waals surface area contributed by atoms with Gasteiger partial charge in [0.05, 0.1) is 11.1 Å². The molecule has 1 saturated carbocycles. The Morgan fingerprint density at radius 3 is 2.68 bits per heavy atom. The normalized spacial score (nSPS) is 22.6. The number of amides is 2. The van der Waals surface area contributed by atoms with Gasteiger partial charge in [-0.2, -0.15) is 5.10 Å². The number of nitrogens with zero attached hydrogens (tertiary/aromatic N) is 1. The number of nitrogens with one attached hydrogen (secondary N) is 2. The first-order chi connectivity index (χ1) is 9.19. The van der Waals surface area contributed by atoms with Crippen LogP contribution in [-0.2, 0) is 15.0 Å². The fraction of sp³-hybridized carbons (Fsp3) is 0.357. The van der Waals surface area contributed by atoms with Crippen LogP contribution in [0.1, 0.15) is 36.8 Å². The molecule has 5 heteroatoms. The van der Waals surface area contributed by atoms with Crippen molar-refractivity contribution < 1.29 is 9.59 Å². The number of hydrogen-bond donors (Lipinski definition) is 2. The molecule has 1 aromatic carbocycles. The fourth-order valence-corrected chi connectivity index (χ4v) is 2.90. The highest BCUT2D eigenvalue weighted by Crippen LogP contribution is 2.55. The quantitative estimate of drug-likeness (QED) is 0.793. The second kappa shape index (κ2) is 3.44. The smallest absolute Gasteiger partial charge is 0.240 e. The summed E-state index contributed by atoms with van der Waals surface area (Å²) in [6.45, 7) is 0. The molecule has 0 saturated heterocycles. The number of anilines is 1. The van der Waals surface area contributed by atoms with Crippen LogP contribution in [0.2, 0.25) is 0 Å². The highest BCUT2D eigenvalue weighted by Gasteiger charge is 2.56. The van der Waals surface area contributed by atoms with E-state index in [1.54, 1.807) is 0 Å². The Labute approximate surface area is 110 Å². The third kappa shape index (κ3) is 1.44. The van der Waals surface area contributed by atoms with Crippen LogP contribution in [0.5, 0.6) is 0 Å². The van der Waals surface area contributed by atoms with E-state index in [9.17, 15) is 9.59 Å². The van der Waals surface area contributed by atoms with Gasteiger partial charge in [-0.15, -0.1) is 0 Å². The molecule has 2 N–H and O–H groups in total. The summed E-state index contributed by atoms with van der Waals surface area (Å²) in [4.78, 5) is 23.1. The molecule has 3 aliphatic rings. The van der Waals surface area contributed by atoms with Crippen LogP contribution in [0.15, 0.2) is 23.3 Å². The van der Waals surface area contributed by atoms with E-state index in [0.717, 1.165) is 35.4 Å². The van der Waals surface area contributed by atoms with E-state index >= 15 is 0 Å². The zero-order chi connectivity index (χ0) is 13.0. The van der Waals surface area contributed by atoms with Gasteiger partial charge in [0, 0.05) is 18.5 Å². The van der Waals surface area contributed by atoms with E-state index in [0.29, 0.717) is 12.8 Å². The number of rotatable bonds is 1. The van der Waals surface area contributed by atoms with Crippen molar-refractivity contribution in [3.05, 3.63) is 29.3 Å². The Morgan fingerprint density at radius 1 is 1.16 bits per heavy atom. The van der Waals surface area contributed by atoms with Gasteiger partial charge in [-0.1, -0.05) is 6.07 Å². The third-order valence-corrected chi connectivity index (χ3v) is 4.21. The van der Waals surface area contributed by atoms with Crippen molar-refractivity contribution in [3.63, 3.8) is 0 Å². The van der Waals surface area contributed by atoms with Crippen molar-refractivity contribution >= 4 is 23.2 Å². The van der Waals surface area contributed by atoms with Gasteiger partial charge in [0.1, 0.15) is 0 Å². The maximum Gasteiger partial charge on any atom is 0.240 e. The van der Waals surface area contributed by atoms with Crippen LogP contribution in [0.4, 0.5) is 5.69 Å². The zero-order valence-corrected chi connectivity index (χ0v) is 10.3. The van der Waals surface area contributed by atoms with Crippen LogP contribution in [0, 0.1) is 0 Å². The van der Waals surface area contributed by atoms with Crippen molar-refractivity contribution in [1.29, 1.82) is 0 Å². The molecule has 1 aromatic rings. The first-order valence-electron chi connectivity index (χ1n) is 6.51. The molecule has 0 aromatic heterocycles. The Morgan fingerprint density at radius 2 is 2.00 bits per heavy atom. The number of carbonyl (C=O) groups excluding carboxylic acids is 2. The van der Waals surface area contributed by atoms with Gasteiger partial charge < -0.3 is 5.32 Å². The summed E-state index contributed by atoms with van der Waals surface area (Å²) in [6.07, 6.45) is 2.98. The molecule has 2 amide bonds. The average molecular weight is 255 g/mol. The third-order valence-electron chi connectivity index (χ3n) is 4.21. The molecule has 0 bridgehead atoms. The summed E-state index contributed by atoms with van der Waals surface area (Å²) in [5.74, 6) is 0.0824. The van der Waals surface area contributed by atoms with E-state index in [4.69, 9.17) is 0 Å². The number of fused-ring (bicyclic) bond motifs is 2. The Bertz CT molecular complexity index is 644. The maximum absolute atomic E-state index is 11.9. The topological polar surface area (TPSA) is 70.6 Å². The average Bonchev–Trinajstić information content (AvgIpc) is 3.16. The lowest BCUT2D eigenvalue weighted by molar-refractivity contribution is -0.121. The van der Waals surface area contributed by atoms with E-state index in [-0.39, 0.29) is 17.2 Å². The molecule has 0 atom stereocenters. The Hall–Kier alpha value is -2.17. The minimum absolute atomic E-state index is 0.0413. The summed E-state index contributed by atoms with van der Waals surface area (Å²) >= 11 is 0. The van der Waals surface area contributed by atoms with Crippen molar-refractivity contribution in [2.24, 2.45) is 5.10 Å². The largest absolute Gasteiger partial charge is 0.325 e. The number of benzene rings is 1. The standard InChI is InChI=1S/C14H13N3O2/c18-12-4-3-10(16-17-12)8-1-2-11-9(7-8)14(5-6-14)13(19)15-11/h1-2,7H,3-6H2,(H,15,19)(H,17,18). The second-order valence-corrected chi connectivity index (χ2v) is 5.39. The van der Waals surface area contributed by atoms with Crippen LogP contribution < -0.4 is 10.7 Å². The van der Waals surface area contributed by atoms with Gasteiger partial charge in [-0.25, -0.2) is 5.43 Å². The van der Waals surface area contributed by atoms with E-state index in [1.165, 1.54) is 0 Å². The molecule has 1 spiro atoms. The van der Waals surface area contributed by atoms with Gasteiger partial charge in [0.2, 0.25) is 11.8 Å². The van der Waals surface area contributed by atoms with Crippen molar-refractivity contribution in [3.8, 4) is 0 Å². The monoisotopic (exact) mass is 255 g/mol. The first-order valence-corrected chi connectivity index (χ1v) is 6.51. The summed E-state index contributed by atoms with van der Waals surface area (Å²) in [5, 5.41) is 7.04. The SMILES string of the molecule is O=C1CCC(c2ccc3c(c2)C2(CC2)C(=O)N3)=NN1. The molecule has 4 rings (SSSR count). The van der Waals surface area contributed by atoms with Crippen molar-refractivity contribution in [2.75, 3.05) is 5.32 Å². The Balaban J connectivity index is 1.75. The van der Waals surface area contributed by atoms with E-state index in [1.807, 2.05) is 12.1 Å². The molecule has 96 valence electrons. The molecule has 19 heavy (non-hydrogen) atoms. The molecular weight excluding hydrogens is 242 g/mol. The van der Waals surface area contributed by atoms with Crippen LogP contribution >= 0.6 is 0 Å². The lowest BCUT2D eigenvalue weighted by Crippen LogP contribution is -2.26. The summed E-state index contributed by atoms with van der Waals surface area (Å²) in [5.41, 5.74) is 6.14. The highest BCUT2D eigenvalue weighted by molar-refractivity contribution is 6.10. The minimum Gasteiger partial charge on any atom is -0.325 e. The molecule has 0 unspecified atom stereocenters. The number of carbonyl (C=O) groups is 2. The molecule has 1 fully saturated rings. The first kappa shape index (κ1) is 10.7. The van der Waals surface area contributed by atoms with Crippen molar-refractivity contribution in [2.45, 2.75) is 31.1 Å². The molecule has 2 heterocycles. The predicted molar refractivity (Wildman–Crippen MR) is 69.9 cm³/mol. The number of hydrogen-bond acceptors (Lipinski definition) is 3. The highest BCUT2D eigenvalue weighted by atomic mass is 16.2. The lowest BCUT2D eigenvalue weighted by atomic mass is 9.93. The molecule has 5 nitrogen and oxygen atoms in total. The summed E-state index contributed by atoms with van der Waals surface area (Å²) in [6, 6.07) is 5.95. The second-order valence-electron chi connectivity index (χ2n) is 5.39. The molecule has 0 radical (unpaired) electrons. The van der Waals surface area contributed by atoms with Gasteiger partial charge in [-0.05, 0) is 36.1 Å². The van der Waals surface area contributed by atoms with Gasteiger partial charge in [0.15, 0.2) is 0 Å². The van der Waals surface area contributed by atoms with Crippen LogP contribution in [0.25, 0.3) is 0 Å². The van der Waals surface area contributed by atoms with E-state index in [2.05, 4.69) is 21.9 Å². The molecule has 1 aliphatic carbocycles. The van der Waals surface area contributed by atoms with Crippen LogP contribution in [-0.4, -0.2) is 17.5 Å². The van der Waals surface area contributed by atoms with Crippen molar-refractivity contribution in [1.82, 2.24) is 5.43 Å². The lowest BCUT2D eigenvalue weighted by Gasteiger charge is -2.13. The van der Waals surface area contributed by atoms with Gasteiger partial charge in [-0.3, -0.25) is 9.59 Å². The van der Waals surface area contributed by atoms with Gasteiger partial charge in [0.25, 0.3) is 0 Å². The predicted octanol–water partition coefficient (Wildman–Crippen LogP) is 1.28.